The van der Waals surface area contributed by atoms with Gasteiger partial charge in [-0.3, -0.25) is 9.59 Å². The molecule has 1 saturated heterocycles. The average Bonchev–Trinajstić information content (AvgIpc) is 3.54. The summed E-state index contributed by atoms with van der Waals surface area (Å²) in [6, 6.07) is 12.5. The molecule has 6 nitrogen and oxygen atoms in total. The van der Waals surface area contributed by atoms with E-state index in [1.165, 1.54) is 6.07 Å². The van der Waals surface area contributed by atoms with Gasteiger partial charge in [-0.05, 0) is 75.3 Å². The van der Waals surface area contributed by atoms with Crippen molar-refractivity contribution in [2.45, 2.75) is 76.2 Å². The van der Waals surface area contributed by atoms with Crippen molar-refractivity contribution in [2.75, 3.05) is 0 Å². The Balaban J connectivity index is 1.36. The number of imidazole rings is 1. The molecule has 204 valence electrons. The second kappa shape index (κ2) is 10.4. The van der Waals surface area contributed by atoms with E-state index in [-0.39, 0.29) is 24.5 Å². The van der Waals surface area contributed by atoms with E-state index in [4.69, 9.17) is 16.3 Å². The van der Waals surface area contributed by atoms with Gasteiger partial charge in [-0.1, -0.05) is 36.6 Å². The monoisotopic (exact) mass is 549 g/mol. The number of esters is 1. The van der Waals surface area contributed by atoms with E-state index in [9.17, 15) is 19.2 Å². The van der Waals surface area contributed by atoms with Gasteiger partial charge in [0.05, 0.1) is 22.5 Å². The summed E-state index contributed by atoms with van der Waals surface area (Å²) in [5, 5.41) is 9.96. The Morgan fingerprint density at radius 1 is 1.21 bits per heavy atom. The first-order valence-electron chi connectivity index (χ1n) is 13.6. The number of nitrogens with zero attached hydrogens (tertiary/aromatic N) is 3. The topological polar surface area (TPSA) is 85.0 Å². The van der Waals surface area contributed by atoms with Crippen LogP contribution in [0.3, 0.4) is 0 Å². The van der Waals surface area contributed by atoms with Gasteiger partial charge in [-0.2, -0.15) is 5.26 Å². The fourth-order valence-electron chi connectivity index (χ4n) is 6.30. The molecule has 2 aliphatic rings. The molecule has 3 aromatic rings. The minimum atomic E-state index is -0.931. The molecule has 0 N–H and O–H groups in total. The summed E-state index contributed by atoms with van der Waals surface area (Å²) < 4.78 is 23.0. The Kier molecular flexibility index (Phi) is 7.28. The first-order valence-corrected chi connectivity index (χ1v) is 14.0. The molecular formula is C31H33ClFN3O3. The van der Waals surface area contributed by atoms with Crippen molar-refractivity contribution in [3.8, 4) is 6.07 Å². The normalized spacial score (nSPS) is 22.3. The van der Waals surface area contributed by atoms with Gasteiger partial charge in [0.25, 0.3) is 0 Å². The summed E-state index contributed by atoms with van der Waals surface area (Å²) in [6.07, 6.45) is 5.13. The van der Waals surface area contributed by atoms with E-state index in [1.54, 1.807) is 32.0 Å². The molecule has 1 aliphatic carbocycles. The fourth-order valence-corrected chi connectivity index (χ4v) is 6.47. The maximum absolute atomic E-state index is 14.9. The zero-order valence-electron chi connectivity index (χ0n) is 22.6. The Labute approximate surface area is 233 Å². The highest BCUT2D eigenvalue weighted by atomic mass is 35.5. The molecule has 8 heteroatoms. The van der Waals surface area contributed by atoms with Crippen LogP contribution < -0.4 is 0 Å². The quantitative estimate of drug-likeness (QED) is 0.251. The SMILES string of the molecule is Cn1c(CC2C(=O)CC(CCc3ccc(C(C)(C)C#N)c(F)c3)(C3CCCC3)OC2=O)nc2cc(Cl)ccc21. The third kappa shape index (κ3) is 5.19. The molecule has 2 heterocycles. The van der Waals surface area contributed by atoms with Crippen LogP contribution in [0.4, 0.5) is 4.39 Å². The zero-order valence-corrected chi connectivity index (χ0v) is 23.4. The molecule has 0 amide bonds. The highest BCUT2D eigenvalue weighted by Crippen LogP contribution is 2.45. The number of ketones is 1. The lowest BCUT2D eigenvalue weighted by atomic mass is 9.73. The maximum atomic E-state index is 14.9. The number of fused-ring (bicyclic) bond motifs is 1. The number of hydrogen-bond donors (Lipinski definition) is 0. The van der Waals surface area contributed by atoms with Crippen LogP contribution in [0, 0.1) is 29.0 Å². The van der Waals surface area contributed by atoms with E-state index in [0.717, 1.165) is 36.8 Å². The number of halogens is 2. The molecule has 0 spiro atoms. The minimum absolute atomic E-state index is 0.103. The van der Waals surface area contributed by atoms with Crippen molar-refractivity contribution < 1.29 is 18.7 Å². The van der Waals surface area contributed by atoms with Crippen LogP contribution in [0.5, 0.6) is 0 Å². The molecule has 2 atom stereocenters. The van der Waals surface area contributed by atoms with Crippen LogP contribution in [-0.2, 0) is 39.6 Å². The number of nitriles is 1. The van der Waals surface area contributed by atoms with E-state index in [0.29, 0.717) is 34.8 Å². The van der Waals surface area contributed by atoms with Crippen molar-refractivity contribution in [3.05, 3.63) is 64.2 Å². The first-order chi connectivity index (χ1) is 18.5. The number of cyclic esters (lactones) is 1. The minimum Gasteiger partial charge on any atom is -0.458 e. The van der Waals surface area contributed by atoms with Gasteiger partial charge in [0, 0.05) is 30.5 Å². The molecule has 2 unspecified atom stereocenters. The Bertz CT molecular complexity index is 1460. The summed E-state index contributed by atoms with van der Waals surface area (Å²) in [7, 11) is 1.86. The number of hydrogen-bond acceptors (Lipinski definition) is 5. The summed E-state index contributed by atoms with van der Waals surface area (Å²) in [5.41, 5.74) is 0.884. The summed E-state index contributed by atoms with van der Waals surface area (Å²) in [5.74, 6) is -1.22. The number of aromatic nitrogens is 2. The Morgan fingerprint density at radius 2 is 1.95 bits per heavy atom. The lowest BCUT2D eigenvalue weighted by Crippen LogP contribution is -2.52. The lowest BCUT2D eigenvalue weighted by Gasteiger charge is -2.43. The number of carbonyl (C=O) groups excluding carboxylic acids is 2. The van der Waals surface area contributed by atoms with Gasteiger partial charge in [0.2, 0.25) is 0 Å². The molecule has 2 fully saturated rings. The lowest BCUT2D eigenvalue weighted by molar-refractivity contribution is -0.185. The molecule has 0 radical (unpaired) electrons. The van der Waals surface area contributed by atoms with Gasteiger partial charge >= 0.3 is 5.97 Å². The van der Waals surface area contributed by atoms with Crippen molar-refractivity contribution in [2.24, 2.45) is 18.9 Å². The third-order valence-corrected chi connectivity index (χ3v) is 8.93. The molecule has 39 heavy (non-hydrogen) atoms. The van der Waals surface area contributed by atoms with E-state index in [2.05, 4.69) is 11.1 Å². The summed E-state index contributed by atoms with van der Waals surface area (Å²) in [4.78, 5) is 31.6. The third-order valence-electron chi connectivity index (χ3n) is 8.70. The second-order valence-electron chi connectivity index (χ2n) is 11.6. The fraction of sp³-hybridized carbons (Fsp3) is 0.484. The smallest absolute Gasteiger partial charge is 0.317 e. The van der Waals surface area contributed by atoms with Crippen molar-refractivity contribution in [1.29, 1.82) is 5.26 Å². The van der Waals surface area contributed by atoms with Crippen LogP contribution in [0.1, 0.15) is 69.3 Å². The zero-order chi connectivity index (χ0) is 27.9. The van der Waals surface area contributed by atoms with Crippen LogP contribution in [0.2, 0.25) is 5.02 Å². The molecule has 0 bridgehead atoms. The number of ether oxygens (including phenoxy) is 1. The van der Waals surface area contributed by atoms with Crippen LogP contribution in [0.15, 0.2) is 36.4 Å². The largest absolute Gasteiger partial charge is 0.458 e. The van der Waals surface area contributed by atoms with Gasteiger partial charge in [-0.15, -0.1) is 0 Å². The summed E-state index contributed by atoms with van der Waals surface area (Å²) >= 11 is 6.12. The highest BCUT2D eigenvalue weighted by molar-refractivity contribution is 6.31. The van der Waals surface area contributed by atoms with Crippen LogP contribution in [-0.4, -0.2) is 26.9 Å². The first kappa shape index (κ1) is 27.3. The summed E-state index contributed by atoms with van der Waals surface area (Å²) in [6.45, 7) is 3.37. The van der Waals surface area contributed by atoms with Gasteiger partial charge < -0.3 is 9.30 Å². The molecule has 2 aromatic carbocycles. The van der Waals surface area contributed by atoms with Crippen molar-refractivity contribution in [1.82, 2.24) is 9.55 Å². The number of aryl methyl sites for hydroxylation is 2. The molecule has 5 rings (SSSR count). The molecule has 1 aromatic heterocycles. The number of Topliss-reactive ketones (excluding diaryl/α,β-unsaturated/α-hetero) is 1. The van der Waals surface area contributed by atoms with Crippen LogP contribution >= 0.6 is 11.6 Å². The Morgan fingerprint density at radius 3 is 2.62 bits per heavy atom. The van der Waals surface area contributed by atoms with Crippen molar-refractivity contribution in [3.63, 3.8) is 0 Å². The predicted octanol–water partition coefficient (Wildman–Crippen LogP) is 6.40. The number of rotatable bonds is 7. The molecular weight excluding hydrogens is 517 g/mol. The molecule has 1 saturated carbocycles. The van der Waals surface area contributed by atoms with Crippen LogP contribution in [0.25, 0.3) is 11.0 Å². The van der Waals surface area contributed by atoms with E-state index < -0.39 is 28.7 Å². The van der Waals surface area contributed by atoms with Gasteiger partial charge in [0.1, 0.15) is 23.2 Å². The molecule has 1 aliphatic heterocycles. The number of carbonyl (C=O) groups is 2. The highest BCUT2D eigenvalue weighted by Gasteiger charge is 2.51. The van der Waals surface area contributed by atoms with Crippen molar-refractivity contribution >= 4 is 34.4 Å². The van der Waals surface area contributed by atoms with Gasteiger partial charge in [-0.25, -0.2) is 9.37 Å². The predicted molar refractivity (Wildman–Crippen MR) is 147 cm³/mol. The Hall–Kier alpha value is -3.24. The maximum Gasteiger partial charge on any atom is 0.317 e. The second-order valence-corrected chi connectivity index (χ2v) is 12.1. The standard InChI is InChI=1S/C31H33ClFN3O3/c1-30(2,18-34)23-10-8-19(14-24(23)33)12-13-31(20-6-4-5-7-20)17-27(37)22(29(38)39-31)16-28-35-25-15-21(32)9-11-26(25)36(28)3/h8-11,14-15,20,22H,4-7,12-13,16-17H2,1-3H3. The van der Waals surface area contributed by atoms with E-state index >= 15 is 0 Å². The van der Waals surface area contributed by atoms with E-state index in [1.807, 2.05) is 23.7 Å². The average molecular weight is 550 g/mol. The van der Waals surface area contributed by atoms with Gasteiger partial charge in [0.15, 0.2) is 5.78 Å². The number of benzene rings is 2.